The van der Waals surface area contributed by atoms with E-state index in [2.05, 4.69) is 27.3 Å². The van der Waals surface area contributed by atoms with Gasteiger partial charge in [-0.15, -0.1) is 0 Å². The average molecular weight is 421 g/mol. The Balaban J connectivity index is 1.18. The van der Waals surface area contributed by atoms with Crippen LogP contribution in [-0.4, -0.2) is 52.8 Å². The van der Waals surface area contributed by atoms with Gasteiger partial charge in [-0.3, -0.25) is 19.5 Å². The molecule has 2 aromatic rings. The summed E-state index contributed by atoms with van der Waals surface area (Å²) < 4.78 is 0. The van der Waals surface area contributed by atoms with E-state index >= 15 is 0 Å². The molecule has 0 spiro atoms. The number of piperidine rings is 2. The summed E-state index contributed by atoms with van der Waals surface area (Å²) in [5.74, 6) is 0.527. The molecule has 2 aliphatic heterocycles. The number of benzene rings is 1. The van der Waals surface area contributed by atoms with Gasteiger partial charge in [0.15, 0.2) is 0 Å². The molecule has 2 aliphatic rings. The van der Waals surface area contributed by atoms with Crippen LogP contribution in [0.25, 0.3) is 0 Å². The molecule has 0 saturated carbocycles. The van der Waals surface area contributed by atoms with Gasteiger partial charge in [0.05, 0.1) is 0 Å². The molecule has 2 saturated heterocycles. The van der Waals surface area contributed by atoms with E-state index in [1.165, 1.54) is 5.56 Å². The summed E-state index contributed by atoms with van der Waals surface area (Å²) in [5.41, 5.74) is 2.38. The Morgan fingerprint density at radius 3 is 2.16 bits per heavy atom. The van der Waals surface area contributed by atoms with Crippen molar-refractivity contribution in [2.75, 3.05) is 26.2 Å². The molecular formula is C25H32N4O2. The summed E-state index contributed by atoms with van der Waals surface area (Å²) in [6, 6.07) is 14.1. The van der Waals surface area contributed by atoms with E-state index in [-0.39, 0.29) is 23.7 Å². The predicted octanol–water partition coefficient (Wildman–Crippen LogP) is 2.85. The predicted molar refractivity (Wildman–Crippen MR) is 120 cm³/mol. The quantitative estimate of drug-likeness (QED) is 0.781. The molecule has 0 atom stereocenters. The van der Waals surface area contributed by atoms with Crippen LogP contribution in [0.3, 0.4) is 0 Å². The lowest BCUT2D eigenvalue weighted by atomic mass is 9.91. The molecule has 6 nitrogen and oxygen atoms in total. The zero-order valence-electron chi connectivity index (χ0n) is 18.1. The van der Waals surface area contributed by atoms with Gasteiger partial charge in [0.2, 0.25) is 11.8 Å². The van der Waals surface area contributed by atoms with Crippen molar-refractivity contribution in [2.24, 2.45) is 11.8 Å². The van der Waals surface area contributed by atoms with Gasteiger partial charge in [-0.25, -0.2) is 0 Å². The maximum atomic E-state index is 13.0. The van der Waals surface area contributed by atoms with E-state index in [0.29, 0.717) is 19.6 Å². The van der Waals surface area contributed by atoms with Crippen LogP contribution in [0.4, 0.5) is 0 Å². The first-order chi connectivity index (χ1) is 15.2. The third-order valence-electron chi connectivity index (χ3n) is 6.58. The number of nitrogens with zero attached hydrogens (tertiary/aromatic N) is 3. The molecule has 0 unspecified atom stereocenters. The molecule has 3 heterocycles. The van der Waals surface area contributed by atoms with Gasteiger partial charge in [0.25, 0.3) is 0 Å². The van der Waals surface area contributed by atoms with Crippen molar-refractivity contribution in [2.45, 2.75) is 38.8 Å². The highest BCUT2D eigenvalue weighted by atomic mass is 16.2. The standard InChI is InChI=1S/C25H32N4O2/c30-24(27-18-20-4-2-1-3-5-20)22-10-16-29(17-11-22)25(31)23-8-14-28(15-9-23)19-21-6-12-26-13-7-21/h1-7,12-13,22-23H,8-11,14-19H2,(H,27,30). The molecular weight excluding hydrogens is 388 g/mol. The van der Waals surface area contributed by atoms with Gasteiger partial charge in [-0.2, -0.15) is 0 Å². The van der Waals surface area contributed by atoms with Gasteiger partial charge in [0, 0.05) is 50.4 Å². The highest BCUT2D eigenvalue weighted by Crippen LogP contribution is 2.24. The van der Waals surface area contributed by atoms with Gasteiger partial charge in [-0.05, 0) is 62.0 Å². The molecule has 0 bridgehead atoms. The first kappa shape index (κ1) is 21.5. The second kappa shape index (κ2) is 10.5. The molecule has 2 fully saturated rings. The number of likely N-dealkylation sites (tertiary alicyclic amines) is 2. The summed E-state index contributed by atoms with van der Waals surface area (Å²) in [4.78, 5) is 34.0. The number of aromatic nitrogens is 1. The summed E-state index contributed by atoms with van der Waals surface area (Å²) in [7, 11) is 0. The molecule has 164 valence electrons. The van der Waals surface area contributed by atoms with E-state index < -0.39 is 0 Å². The minimum Gasteiger partial charge on any atom is -0.352 e. The van der Waals surface area contributed by atoms with Crippen LogP contribution >= 0.6 is 0 Å². The normalized spacial score (nSPS) is 18.6. The lowest BCUT2D eigenvalue weighted by Crippen LogP contribution is -2.47. The number of nitrogens with one attached hydrogen (secondary N) is 1. The maximum absolute atomic E-state index is 13.0. The maximum Gasteiger partial charge on any atom is 0.225 e. The largest absolute Gasteiger partial charge is 0.352 e. The van der Waals surface area contributed by atoms with Crippen molar-refractivity contribution in [3.63, 3.8) is 0 Å². The zero-order valence-corrected chi connectivity index (χ0v) is 18.1. The SMILES string of the molecule is O=C(NCc1ccccc1)C1CCN(C(=O)C2CCN(Cc3ccncc3)CC2)CC1. The fourth-order valence-corrected chi connectivity index (χ4v) is 4.63. The third kappa shape index (κ3) is 5.91. The number of carbonyl (C=O) groups excluding carboxylic acids is 2. The summed E-state index contributed by atoms with van der Waals surface area (Å²) in [6.07, 6.45) is 7.01. The summed E-state index contributed by atoms with van der Waals surface area (Å²) in [6.45, 7) is 4.79. The second-order valence-electron chi connectivity index (χ2n) is 8.71. The first-order valence-electron chi connectivity index (χ1n) is 11.4. The van der Waals surface area contributed by atoms with E-state index in [1.807, 2.05) is 47.6 Å². The number of carbonyl (C=O) groups is 2. The zero-order chi connectivity index (χ0) is 21.5. The highest BCUT2D eigenvalue weighted by Gasteiger charge is 2.32. The molecule has 4 rings (SSSR count). The fourth-order valence-electron chi connectivity index (χ4n) is 4.63. The van der Waals surface area contributed by atoms with Crippen LogP contribution in [0.5, 0.6) is 0 Å². The minimum atomic E-state index is 0.00923. The molecule has 1 aromatic carbocycles. The molecule has 1 aromatic heterocycles. The lowest BCUT2D eigenvalue weighted by Gasteiger charge is -2.37. The number of hydrogen-bond acceptors (Lipinski definition) is 4. The molecule has 6 heteroatoms. The van der Waals surface area contributed by atoms with E-state index in [0.717, 1.165) is 50.9 Å². The number of amides is 2. The van der Waals surface area contributed by atoms with Gasteiger partial charge < -0.3 is 10.2 Å². The third-order valence-corrected chi connectivity index (χ3v) is 6.58. The van der Waals surface area contributed by atoms with Crippen LogP contribution < -0.4 is 5.32 Å². The van der Waals surface area contributed by atoms with Gasteiger partial charge in [-0.1, -0.05) is 30.3 Å². The smallest absolute Gasteiger partial charge is 0.225 e. The summed E-state index contributed by atoms with van der Waals surface area (Å²) >= 11 is 0. The van der Waals surface area contributed by atoms with Crippen LogP contribution in [0, 0.1) is 11.8 Å². The van der Waals surface area contributed by atoms with Crippen LogP contribution in [0.2, 0.25) is 0 Å². The Hall–Kier alpha value is -2.73. The van der Waals surface area contributed by atoms with Crippen molar-refractivity contribution in [3.05, 3.63) is 66.0 Å². The van der Waals surface area contributed by atoms with Crippen molar-refractivity contribution in [1.82, 2.24) is 20.1 Å². The molecule has 0 aliphatic carbocycles. The van der Waals surface area contributed by atoms with Crippen molar-refractivity contribution in [1.29, 1.82) is 0 Å². The summed E-state index contributed by atoms with van der Waals surface area (Å²) in [5, 5.41) is 3.05. The monoisotopic (exact) mass is 420 g/mol. The molecule has 0 radical (unpaired) electrons. The topological polar surface area (TPSA) is 65.5 Å². The number of rotatable bonds is 6. The second-order valence-corrected chi connectivity index (χ2v) is 8.71. The average Bonchev–Trinajstić information content (AvgIpc) is 2.84. The van der Waals surface area contributed by atoms with Crippen LogP contribution in [0.15, 0.2) is 54.9 Å². The highest BCUT2D eigenvalue weighted by molar-refractivity contribution is 5.81. The molecule has 31 heavy (non-hydrogen) atoms. The first-order valence-corrected chi connectivity index (χ1v) is 11.4. The Labute approximate surface area is 184 Å². The fraction of sp³-hybridized carbons (Fsp3) is 0.480. The Morgan fingerprint density at radius 2 is 1.48 bits per heavy atom. The van der Waals surface area contributed by atoms with E-state index in [1.54, 1.807) is 0 Å². The number of pyridine rings is 1. The molecule has 2 amide bonds. The van der Waals surface area contributed by atoms with Crippen molar-refractivity contribution < 1.29 is 9.59 Å². The Morgan fingerprint density at radius 1 is 0.839 bits per heavy atom. The van der Waals surface area contributed by atoms with Crippen LogP contribution in [-0.2, 0) is 22.7 Å². The minimum absolute atomic E-state index is 0.00923. The van der Waals surface area contributed by atoms with Gasteiger partial charge >= 0.3 is 0 Å². The van der Waals surface area contributed by atoms with Crippen LogP contribution in [0.1, 0.15) is 36.8 Å². The van der Waals surface area contributed by atoms with Crippen molar-refractivity contribution in [3.8, 4) is 0 Å². The van der Waals surface area contributed by atoms with E-state index in [4.69, 9.17) is 0 Å². The lowest BCUT2D eigenvalue weighted by molar-refractivity contribution is -0.140. The number of hydrogen-bond donors (Lipinski definition) is 1. The molecule has 1 N–H and O–H groups in total. The van der Waals surface area contributed by atoms with Gasteiger partial charge in [0.1, 0.15) is 0 Å². The van der Waals surface area contributed by atoms with E-state index in [9.17, 15) is 9.59 Å². The Bertz CT molecular complexity index is 842. The van der Waals surface area contributed by atoms with Crippen molar-refractivity contribution >= 4 is 11.8 Å². The Kier molecular flexibility index (Phi) is 7.30.